The van der Waals surface area contributed by atoms with Gasteiger partial charge in [-0.2, -0.15) is 15.1 Å². The van der Waals surface area contributed by atoms with E-state index in [4.69, 9.17) is 4.84 Å². The Morgan fingerprint density at radius 3 is 2.86 bits per heavy atom. The first kappa shape index (κ1) is 23.2. The predicted octanol–water partition coefficient (Wildman–Crippen LogP) is 3.15. The Kier molecular flexibility index (Phi) is 6.10. The van der Waals surface area contributed by atoms with Crippen LogP contribution in [0, 0.1) is 12.8 Å². The first-order valence-electron chi connectivity index (χ1n) is 11.6. The van der Waals surface area contributed by atoms with Gasteiger partial charge in [0.25, 0.3) is 0 Å². The Hall–Kier alpha value is -3.60. The molecule has 0 radical (unpaired) electrons. The molecule has 2 N–H and O–H groups in total. The van der Waals surface area contributed by atoms with Crippen LogP contribution < -0.4 is 5.32 Å². The number of ketones is 1. The molecule has 1 aliphatic rings. The third-order valence-electron chi connectivity index (χ3n) is 6.12. The molecule has 35 heavy (non-hydrogen) atoms. The summed E-state index contributed by atoms with van der Waals surface area (Å²) in [6, 6.07) is 7.68. The summed E-state index contributed by atoms with van der Waals surface area (Å²) in [5, 5.41) is 20.2. The second-order valence-electron chi connectivity index (χ2n) is 9.22. The maximum Gasteiger partial charge on any atom is 0.229 e. The van der Waals surface area contributed by atoms with Crippen LogP contribution in [0.4, 0.5) is 11.6 Å². The number of aromatic nitrogens is 5. The van der Waals surface area contributed by atoms with Crippen molar-refractivity contribution in [3.05, 3.63) is 59.7 Å². The molecule has 0 bridgehead atoms. The van der Waals surface area contributed by atoms with Crippen LogP contribution in [0.2, 0.25) is 0 Å². The van der Waals surface area contributed by atoms with Crippen LogP contribution >= 0.6 is 0 Å². The van der Waals surface area contributed by atoms with Gasteiger partial charge in [0.05, 0.1) is 31.5 Å². The van der Waals surface area contributed by atoms with Crippen molar-refractivity contribution in [2.24, 2.45) is 13.0 Å². The molecule has 1 atom stereocenters. The molecule has 182 valence electrons. The number of aryl methyl sites for hydroxylation is 2. The number of carbonyl (C=O) groups excluding carboxylic acids is 1. The molecule has 1 aliphatic heterocycles. The van der Waals surface area contributed by atoms with Crippen LogP contribution in [-0.4, -0.2) is 59.5 Å². The summed E-state index contributed by atoms with van der Waals surface area (Å²) in [6.45, 7) is 7.08. The molecule has 10 nitrogen and oxygen atoms in total. The minimum Gasteiger partial charge on any atom is -0.389 e. The first-order chi connectivity index (χ1) is 16.8. The molecular weight excluding hydrogens is 446 g/mol. The van der Waals surface area contributed by atoms with Crippen molar-refractivity contribution in [3.63, 3.8) is 0 Å². The van der Waals surface area contributed by atoms with Gasteiger partial charge in [0.1, 0.15) is 0 Å². The summed E-state index contributed by atoms with van der Waals surface area (Å²) in [5.41, 5.74) is 4.35. The van der Waals surface area contributed by atoms with Gasteiger partial charge in [-0.05, 0) is 25.1 Å². The summed E-state index contributed by atoms with van der Waals surface area (Å²) in [4.78, 5) is 27.2. The predicted molar refractivity (Wildman–Crippen MR) is 132 cm³/mol. The van der Waals surface area contributed by atoms with Crippen LogP contribution in [0.25, 0.3) is 16.7 Å². The summed E-state index contributed by atoms with van der Waals surface area (Å²) in [6.07, 6.45) is 5.01. The van der Waals surface area contributed by atoms with E-state index in [1.54, 1.807) is 22.0 Å². The molecule has 0 aliphatic carbocycles. The number of carbonyl (C=O) groups is 1. The molecule has 1 aromatic carbocycles. The number of nitrogens with one attached hydrogen (secondary N) is 1. The highest BCUT2D eigenvalue weighted by atomic mass is 16.7. The number of aliphatic hydroxyl groups is 1. The number of benzene rings is 1. The molecule has 0 amide bonds. The second-order valence-corrected chi connectivity index (χ2v) is 9.22. The van der Waals surface area contributed by atoms with Crippen molar-refractivity contribution in [2.75, 3.05) is 18.5 Å². The molecule has 0 unspecified atom stereocenters. The molecule has 3 aromatic heterocycles. The molecule has 0 spiro atoms. The van der Waals surface area contributed by atoms with E-state index in [1.807, 2.05) is 63.0 Å². The average Bonchev–Trinajstić information content (AvgIpc) is 3.51. The first-order valence-corrected chi connectivity index (χ1v) is 11.6. The van der Waals surface area contributed by atoms with Crippen molar-refractivity contribution >= 4 is 28.3 Å². The van der Waals surface area contributed by atoms with E-state index < -0.39 is 6.10 Å². The number of nitrogens with zero attached hydrogens (tertiary/aromatic N) is 6. The number of aliphatic hydroxyl groups excluding tert-OH is 1. The Balaban J connectivity index is 1.38. The number of hydrogen-bond acceptors (Lipinski definition) is 8. The number of rotatable bonds is 7. The Morgan fingerprint density at radius 1 is 1.29 bits per heavy atom. The third-order valence-corrected chi connectivity index (χ3v) is 6.12. The van der Waals surface area contributed by atoms with E-state index >= 15 is 0 Å². The van der Waals surface area contributed by atoms with Crippen LogP contribution in [0.1, 0.15) is 35.5 Å². The highest BCUT2D eigenvalue weighted by Gasteiger charge is 2.23. The van der Waals surface area contributed by atoms with Crippen LogP contribution in [0.3, 0.4) is 0 Å². The zero-order valence-electron chi connectivity index (χ0n) is 20.3. The monoisotopic (exact) mass is 475 g/mol. The van der Waals surface area contributed by atoms with Gasteiger partial charge < -0.3 is 15.0 Å². The Morgan fingerprint density at radius 2 is 2.11 bits per heavy atom. The lowest BCUT2D eigenvalue weighted by Gasteiger charge is -2.12. The van der Waals surface area contributed by atoms with Gasteiger partial charge in [-0.15, -0.1) is 0 Å². The average molecular weight is 476 g/mol. The minimum atomic E-state index is -0.462. The maximum absolute atomic E-state index is 12.7. The van der Waals surface area contributed by atoms with Crippen LogP contribution in [0.5, 0.6) is 0 Å². The number of hydrogen-bond donors (Lipinski definition) is 2. The zero-order chi connectivity index (χ0) is 24.7. The number of hydroxylamine groups is 2. The highest BCUT2D eigenvalue weighted by molar-refractivity contribution is 6.09. The maximum atomic E-state index is 12.7. The van der Waals surface area contributed by atoms with E-state index in [0.29, 0.717) is 37.0 Å². The summed E-state index contributed by atoms with van der Waals surface area (Å²) in [7, 11) is 1.94. The fraction of sp³-hybridized carbons (Fsp3) is 0.360. The number of β-amino-alcohol motifs (C(OH)–C–C–N with tert-alkyl or cyclic N) is 1. The SMILES string of the molecule is Cc1nn(-c2ccnc(Nc3ccc4c(c3)c(C(=O)C(C)C)cn4C)n2)cc1CN1C[C@H](O)CO1. The standard InChI is InChI=1S/C25H29N7O3/c1-15(2)24(34)21-13-30(4)22-6-5-18(9-20(21)22)27-25-26-8-7-23(28-25)32-11-17(16(3)29-32)10-31-12-19(33)14-35-31/h5-9,11,13,15,19,33H,10,12,14H2,1-4H3,(H,26,27,28)/t19-/m0/s1. The van der Waals surface area contributed by atoms with Gasteiger partial charge in [0.15, 0.2) is 11.6 Å². The molecule has 1 saturated heterocycles. The molecule has 0 saturated carbocycles. The summed E-state index contributed by atoms with van der Waals surface area (Å²) >= 11 is 0. The van der Waals surface area contributed by atoms with Crippen molar-refractivity contribution in [2.45, 2.75) is 33.4 Å². The molecule has 1 fully saturated rings. The number of Topliss-reactive ketones (excluding diaryl/α,β-unsaturated/α-hetero) is 1. The van der Waals surface area contributed by atoms with Crippen LogP contribution in [-0.2, 0) is 18.4 Å². The van der Waals surface area contributed by atoms with Gasteiger partial charge >= 0.3 is 0 Å². The normalized spacial score (nSPS) is 16.5. The molecule has 10 heteroatoms. The van der Waals surface area contributed by atoms with Crippen molar-refractivity contribution in [1.29, 1.82) is 0 Å². The van der Waals surface area contributed by atoms with Gasteiger partial charge in [0, 0.05) is 65.3 Å². The molecular formula is C25H29N7O3. The number of fused-ring (bicyclic) bond motifs is 1. The van der Waals surface area contributed by atoms with Gasteiger partial charge in [-0.25, -0.2) is 9.67 Å². The van der Waals surface area contributed by atoms with E-state index in [2.05, 4.69) is 20.4 Å². The van der Waals surface area contributed by atoms with E-state index in [9.17, 15) is 9.90 Å². The van der Waals surface area contributed by atoms with Crippen molar-refractivity contribution < 1.29 is 14.7 Å². The Bertz CT molecular complexity index is 1390. The summed E-state index contributed by atoms with van der Waals surface area (Å²) in [5.74, 6) is 1.08. The lowest BCUT2D eigenvalue weighted by atomic mass is 10.0. The second kappa shape index (κ2) is 9.21. The van der Waals surface area contributed by atoms with Gasteiger partial charge in [0.2, 0.25) is 5.95 Å². The van der Waals surface area contributed by atoms with Gasteiger partial charge in [-0.1, -0.05) is 13.8 Å². The smallest absolute Gasteiger partial charge is 0.229 e. The lowest BCUT2D eigenvalue weighted by molar-refractivity contribution is -0.118. The van der Waals surface area contributed by atoms with Gasteiger partial charge in [-0.3, -0.25) is 9.63 Å². The van der Waals surface area contributed by atoms with Crippen molar-refractivity contribution in [1.82, 2.24) is 29.4 Å². The van der Waals surface area contributed by atoms with E-state index in [0.717, 1.165) is 27.8 Å². The quantitative estimate of drug-likeness (QED) is 0.392. The molecule has 4 aromatic rings. The molecule has 5 rings (SSSR count). The fourth-order valence-corrected chi connectivity index (χ4v) is 4.24. The number of anilines is 2. The lowest BCUT2D eigenvalue weighted by Crippen LogP contribution is -2.20. The summed E-state index contributed by atoms with van der Waals surface area (Å²) < 4.78 is 3.68. The van der Waals surface area contributed by atoms with Crippen LogP contribution in [0.15, 0.2) is 42.9 Å². The minimum absolute atomic E-state index is 0.0817. The van der Waals surface area contributed by atoms with Crippen molar-refractivity contribution in [3.8, 4) is 5.82 Å². The van der Waals surface area contributed by atoms with E-state index in [1.165, 1.54) is 0 Å². The Labute approximate surface area is 203 Å². The zero-order valence-corrected chi connectivity index (χ0v) is 20.3. The largest absolute Gasteiger partial charge is 0.389 e. The third kappa shape index (κ3) is 4.68. The van der Waals surface area contributed by atoms with E-state index in [-0.39, 0.29) is 11.7 Å². The molecule has 4 heterocycles. The topological polar surface area (TPSA) is 110 Å². The fourth-order valence-electron chi connectivity index (χ4n) is 4.24. The highest BCUT2D eigenvalue weighted by Crippen LogP contribution is 2.27.